The molecule has 0 saturated carbocycles. The number of nitrogen functional groups attached to an aromatic ring is 1. The largest absolute Gasteiger partial charge is 0.336 e. The highest BCUT2D eigenvalue weighted by Gasteiger charge is 2.23. The summed E-state index contributed by atoms with van der Waals surface area (Å²) in [6.45, 7) is 6.08. The van der Waals surface area contributed by atoms with Gasteiger partial charge < -0.3 is 5.84 Å². The molecular formula is C15H17BrN6OS. The summed E-state index contributed by atoms with van der Waals surface area (Å²) in [6, 6.07) is 5.17. The molecule has 0 spiro atoms. The molecule has 3 rings (SSSR count). The van der Waals surface area contributed by atoms with Crippen LogP contribution < -0.4 is 11.4 Å². The highest BCUT2D eigenvalue weighted by atomic mass is 79.9. The first-order valence-corrected chi connectivity index (χ1v) is 9.05. The molecule has 0 aliphatic carbocycles. The van der Waals surface area contributed by atoms with Crippen LogP contribution in [0.1, 0.15) is 32.3 Å². The van der Waals surface area contributed by atoms with Gasteiger partial charge in [0, 0.05) is 27.9 Å². The van der Waals surface area contributed by atoms with E-state index in [1.165, 1.54) is 26.9 Å². The minimum atomic E-state index is -0.187. The highest BCUT2D eigenvalue weighted by Crippen LogP contribution is 2.24. The molecule has 0 saturated heterocycles. The van der Waals surface area contributed by atoms with Crippen molar-refractivity contribution in [1.82, 2.24) is 24.3 Å². The second kappa shape index (κ2) is 6.21. The number of nitrogens with zero attached hydrogens (tertiary/aromatic N) is 5. The number of halogens is 1. The molecule has 0 atom stereocenters. The van der Waals surface area contributed by atoms with Crippen LogP contribution in [0.4, 0.5) is 0 Å². The van der Waals surface area contributed by atoms with Crippen molar-refractivity contribution in [2.75, 3.05) is 5.84 Å². The molecule has 3 aromatic rings. The normalized spacial score (nSPS) is 12.0. The average molecular weight is 409 g/mol. The quantitative estimate of drug-likeness (QED) is 0.528. The zero-order chi connectivity index (χ0) is 17.5. The van der Waals surface area contributed by atoms with Crippen molar-refractivity contribution in [3.63, 3.8) is 0 Å². The molecule has 3 aromatic heterocycles. The fourth-order valence-corrected chi connectivity index (χ4v) is 3.31. The van der Waals surface area contributed by atoms with Gasteiger partial charge in [0.15, 0.2) is 5.82 Å². The minimum Gasteiger partial charge on any atom is -0.336 e. The highest BCUT2D eigenvalue weighted by molar-refractivity contribution is 9.10. The van der Waals surface area contributed by atoms with Crippen LogP contribution in [-0.4, -0.2) is 24.3 Å². The Morgan fingerprint density at radius 3 is 2.71 bits per heavy atom. The minimum absolute atomic E-state index is 0.124. The summed E-state index contributed by atoms with van der Waals surface area (Å²) >= 11 is 4.75. The van der Waals surface area contributed by atoms with Crippen LogP contribution >= 0.6 is 27.7 Å². The first-order valence-electron chi connectivity index (χ1n) is 7.27. The van der Waals surface area contributed by atoms with E-state index in [1.807, 2.05) is 26.8 Å². The molecule has 9 heteroatoms. The molecule has 0 aliphatic heterocycles. The molecule has 0 unspecified atom stereocenters. The first-order chi connectivity index (χ1) is 11.3. The second-order valence-corrected chi connectivity index (χ2v) is 8.23. The van der Waals surface area contributed by atoms with Crippen LogP contribution in [0.5, 0.6) is 0 Å². The molecule has 24 heavy (non-hydrogen) atoms. The van der Waals surface area contributed by atoms with Crippen LogP contribution in [0.25, 0.3) is 5.65 Å². The summed E-state index contributed by atoms with van der Waals surface area (Å²) in [6.07, 6.45) is 1.70. The molecule has 7 nitrogen and oxygen atoms in total. The van der Waals surface area contributed by atoms with Gasteiger partial charge in [0.2, 0.25) is 5.16 Å². The van der Waals surface area contributed by atoms with E-state index in [9.17, 15) is 4.79 Å². The van der Waals surface area contributed by atoms with E-state index in [0.717, 1.165) is 4.47 Å². The maximum atomic E-state index is 12.2. The van der Waals surface area contributed by atoms with E-state index in [2.05, 4.69) is 31.1 Å². The van der Waals surface area contributed by atoms with Gasteiger partial charge in [-0.3, -0.25) is 9.20 Å². The van der Waals surface area contributed by atoms with Crippen LogP contribution in [-0.2, 0) is 11.2 Å². The number of hydrogen-bond donors (Lipinski definition) is 1. The van der Waals surface area contributed by atoms with Gasteiger partial charge in [-0.15, -0.1) is 10.2 Å². The van der Waals surface area contributed by atoms with E-state index in [4.69, 9.17) is 5.84 Å². The van der Waals surface area contributed by atoms with Crippen LogP contribution in [0.2, 0.25) is 0 Å². The van der Waals surface area contributed by atoms with Gasteiger partial charge in [0.05, 0.1) is 5.69 Å². The predicted molar refractivity (Wildman–Crippen MR) is 97.6 cm³/mol. The molecule has 0 radical (unpaired) electrons. The maximum Gasteiger partial charge on any atom is 0.258 e. The lowest BCUT2D eigenvalue weighted by Gasteiger charge is -2.16. The molecular weight excluding hydrogens is 392 g/mol. The van der Waals surface area contributed by atoms with Crippen molar-refractivity contribution in [3.8, 4) is 0 Å². The SMILES string of the molecule is CC(C)(C)c1nnc(SCc2cc(=O)n3cc(Br)ccc3n2)n1N. The summed E-state index contributed by atoms with van der Waals surface area (Å²) in [5.74, 6) is 7.27. The molecule has 0 aromatic carbocycles. The van der Waals surface area contributed by atoms with Gasteiger partial charge in [-0.1, -0.05) is 32.5 Å². The summed E-state index contributed by atoms with van der Waals surface area (Å²) in [5.41, 5.74) is 0.966. The first kappa shape index (κ1) is 17.0. The zero-order valence-corrected chi connectivity index (χ0v) is 15.9. The third-order valence-electron chi connectivity index (χ3n) is 3.36. The lowest BCUT2D eigenvalue weighted by Crippen LogP contribution is -2.24. The van der Waals surface area contributed by atoms with Crippen molar-refractivity contribution in [2.45, 2.75) is 37.1 Å². The summed E-state index contributed by atoms with van der Waals surface area (Å²) in [4.78, 5) is 16.7. The summed E-state index contributed by atoms with van der Waals surface area (Å²) in [7, 11) is 0. The van der Waals surface area contributed by atoms with Crippen molar-refractivity contribution >= 4 is 33.3 Å². The smallest absolute Gasteiger partial charge is 0.258 e. The van der Waals surface area contributed by atoms with Crippen molar-refractivity contribution in [1.29, 1.82) is 0 Å². The Hall–Kier alpha value is -1.87. The monoisotopic (exact) mass is 408 g/mol. The molecule has 0 amide bonds. The van der Waals surface area contributed by atoms with E-state index in [0.29, 0.717) is 28.1 Å². The lowest BCUT2D eigenvalue weighted by molar-refractivity contribution is 0.523. The summed E-state index contributed by atoms with van der Waals surface area (Å²) in [5, 5.41) is 8.87. The topological polar surface area (TPSA) is 91.1 Å². The standard InChI is InChI=1S/C15H17BrN6OS/c1-15(2,3)13-19-20-14(22(13)17)24-8-10-6-12(23)21-7-9(16)4-5-11(21)18-10/h4-7H,8,17H2,1-3H3. The van der Waals surface area contributed by atoms with Crippen molar-refractivity contribution in [3.05, 3.63) is 50.7 Å². The fraction of sp³-hybridized carbons (Fsp3) is 0.333. The Morgan fingerprint density at radius 1 is 1.29 bits per heavy atom. The second-order valence-electron chi connectivity index (χ2n) is 6.38. The number of pyridine rings is 1. The maximum absolute atomic E-state index is 12.2. The van der Waals surface area contributed by atoms with E-state index < -0.39 is 0 Å². The van der Waals surface area contributed by atoms with Crippen LogP contribution in [0.3, 0.4) is 0 Å². The van der Waals surface area contributed by atoms with Crippen LogP contribution in [0, 0.1) is 0 Å². The Bertz CT molecular complexity index is 959. The molecule has 126 valence electrons. The number of nitrogens with two attached hydrogens (primary N) is 1. The Labute approximate surface area is 151 Å². The molecule has 2 N–H and O–H groups in total. The molecule has 3 heterocycles. The number of fused-ring (bicyclic) bond motifs is 1. The summed E-state index contributed by atoms with van der Waals surface area (Å²) < 4.78 is 3.82. The van der Waals surface area contributed by atoms with E-state index >= 15 is 0 Å². The number of hydrogen-bond acceptors (Lipinski definition) is 6. The lowest BCUT2D eigenvalue weighted by atomic mass is 9.96. The Morgan fingerprint density at radius 2 is 2.04 bits per heavy atom. The van der Waals surface area contributed by atoms with Gasteiger partial charge >= 0.3 is 0 Å². The van der Waals surface area contributed by atoms with Gasteiger partial charge in [-0.25, -0.2) is 9.66 Å². The number of aromatic nitrogens is 5. The molecule has 0 fully saturated rings. The van der Waals surface area contributed by atoms with E-state index in [1.54, 1.807) is 12.3 Å². The van der Waals surface area contributed by atoms with Crippen LogP contribution in [0.15, 0.2) is 38.8 Å². The predicted octanol–water partition coefficient (Wildman–Crippen LogP) is 2.35. The third-order valence-corrected chi connectivity index (χ3v) is 4.81. The van der Waals surface area contributed by atoms with Gasteiger partial charge in [-0.2, -0.15) is 0 Å². The molecule has 0 aliphatic rings. The van der Waals surface area contributed by atoms with Gasteiger partial charge in [0.25, 0.3) is 5.56 Å². The fourth-order valence-electron chi connectivity index (χ4n) is 2.23. The van der Waals surface area contributed by atoms with Crippen molar-refractivity contribution < 1.29 is 0 Å². The number of rotatable bonds is 3. The molecule has 0 bridgehead atoms. The number of thioether (sulfide) groups is 1. The van der Waals surface area contributed by atoms with E-state index in [-0.39, 0.29) is 11.0 Å². The Kier molecular flexibility index (Phi) is 4.39. The zero-order valence-electron chi connectivity index (χ0n) is 13.5. The van der Waals surface area contributed by atoms with Gasteiger partial charge in [-0.05, 0) is 28.1 Å². The van der Waals surface area contributed by atoms with Crippen molar-refractivity contribution in [2.24, 2.45) is 0 Å². The van der Waals surface area contributed by atoms with Gasteiger partial charge in [0.1, 0.15) is 5.65 Å². The third kappa shape index (κ3) is 3.32. The average Bonchev–Trinajstić information content (AvgIpc) is 2.87. The Balaban J connectivity index is 1.85.